The number of H-pyrrole nitrogens is 1. The predicted octanol–water partition coefficient (Wildman–Crippen LogP) is 1.79. The summed E-state index contributed by atoms with van der Waals surface area (Å²) in [5, 5.41) is 4.48. The van der Waals surface area contributed by atoms with Crippen molar-refractivity contribution in [2.75, 3.05) is 19.6 Å². The van der Waals surface area contributed by atoms with E-state index in [2.05, 4.69) is 27.1 Å². The molecule has 0 radical (unpaired) electrons. The second kappa shape index (κ2) is 6.75. The molecular weight excluding hydrogens is 311 g/mol. The molecule has 1 aliphatic rings. The van der Waals surface area contributed by atoms with Crippen LogP contribution in [0.3, 0.4) is 0 Å². The van der Waals surface area contributed by atoms with Crippen LogP contribution in [-0.4, -0.2) is 40.5 Å². The van der Waals surface area contributed by atoms with Crippen molar-refractivity contribution in [3.8, 4) is 0 Å². The standard InChI is InChI=1S/C14H17ClN4O.ClH/c1-9-7-19(5-4-16-9)8-13-17-12-3-2-10(15)6-11(12)14(20)18-13;/h2-3,6,9,16H,4-5,7-8H2,1H3,(H,17,18,20);1H. The van der Waals surface area contributed by atoms with Crippen LogP contribution in [0.1, 0.15) is 12.7 Å². The fourth-order valence-corrected chi connectivity index (χ4v) is 2.77. The Morgan fingerprint density at radius 3 is 3.05 bits per heavy atom. The Bertz CT molecular complexity index is 688. The van der Waals surface area contributed by atoms with Crippen molar-refractivity contribution in [1.29, 1.82) is 0 Å². The minimum Gasteiger partial charge on any atom is -0.312 e. The number of nitrogens with one attached hydrogen (secondary N) is 2. The molecule has 0 saturated carbocycles. The highest BCUT2D eigenvalue weighted by atomic mass is 35.5. The zero-order valence-corrected chi connectivity index (χ0v) is 13.3. The van der Waals surface area contributed by atoms with Crippen LogP contribution in [-0.2, 0) is 6.54 Å². The molecule has 0 aliphatic carbocycles. The van der Waals surface area contributed by atoms with Crippen LogP contribution >= 0.6 is 24.0 Å². The van der Waals surface area contributed by atoms with Crippen molar-refractivity contribution in [2.24, 2.45) is 0 Å². The average Bonchev–Trinajstić information content (AvgIpc) is 2.40. The molecular formula is C14H18Cl2N4O. The molecule has 1 fully saturated rings. The molecule has 2 N–H and O–H groups in total. The largest absolute Gasteiger partial charge is 0.312 e. The van der Waals surface area contributed by atoms with Gasteiger partial charge in [0.25, 0.3) is 5.56 Å². The van der Waals surface area contributed by atoms with Crippen molar-refractivity contribution < 1.29 is 0 Å². The van der Waals surface area contributed by atoms with Crippen molar-refractivity contribution in [3.63, 3.8) is 0 Å². The quantitative estimate of drug-likeness (QED) is 0.882. The molecule has 21 heavy (non-hydrogen) atoms. The number of benzene rings is 1. The number of halogens is 2. The first-order valence-corrected chi connectivity index (χ1v) is 7.14. The monoisotopic (exact) mass is 328 g/mol. The van der Waals surface area contributed by atoms with E-state index in [1.807, 2.05) is 0 Å². The van der Waals surface area contributed by atoms with Crippen molar-refractivity contribution in [1.82, 2.24) is 20.2 Å². The zero-order valence-electron chi connectivity index (χ0n) is 11.7. The molecule has 114 valence electrons. The van der Waals surface area contributed by atoms with Gasteiger partial charge in [0.05, 0.1) is 17.4 Å². The second-order valence-electron chi connectivity index (χ2n) is 5.26. The molecule has 1 unspecified atom stereocenters. The third kappa shape index (κ3) is 3.74. The first-order chi connectivity index (χ1) is 9.61. The van der Waals surface area contributed by atoms with Crippen molar-refractivity contribution in [2.45, 2.75) is 19.5 Å². The average molecular weight is 329 g/mol. The Balaban J connectivity index is 0.00000161. The van der Waals surface area contributed by atoms with E-state index in [9.17, 15) is 4.79 Å². The third-order valence-corrected chi connectivity index (χ3v) is 3.78. The minimum absolute atomic E-state index is 0. The molecule has 1 aliphatic heterocycles. The topological polar surface area (TPSA) is 61.0 Å². The summed E-state index contributed by atoms with van der Waals surface area (Å²) in [7, 11) is 0. The Hall–Kier alpha value is -1.14. The highest BCUT2D eigenvalue weighted by Gasteiger charge is 2.16. The van der Waals surface area contributed by atoms with Gasteiger partial charge in [-0.3, -0.25) is 9.69 Å². The Kier molecular flexibility index (Phi) is 5.22. The molecule has 1 aromatic carbocycles. The van der Waals surface area contributed by atoms with Gasteiger partial charge >= 0.3 is 0 Å². The number of piperazine rings is 1. The first kappa shape index (κ1) is 16.2. The highest BCUT2D eigenvalue weighted by molar-refractivity contribution is 6.31. The Labute approximate surface area is 134 Å². The predicted molar refractivity (Wildman–Crippen MR) is 87.4 cm³/mol. The van der Waals surface area contributed by atoms with E-state index in [0.717, 1.165) is 19.6 Å². The SMILES string of the molecule is CC1CN(Cc2nc3ccc(Cl)cc3c(=O)[nH]2)CCN1.Cl. The number of rotatable bonds is 2. The van der Waals surface area contributed by atoms with Gasteiger partial charge in [-0.2, -0.15) is 0 Å². The summed E-state index contributed by atoms with van der Waals surface area (Å²) in [5.74, 6) is 0.707. The first-order valence-electron chi connectivity index (χ1n) is 6.76. The number of hydrogen-bond acceptors (Lipinski definition) is 4. The minimum atomic E-state index is -0.129. The van der Waals surface area contributed by atoms with E-state index in [1.54, 1.807) is 18.2 Å². The Morgan fingerprint density at radius 2 is 2.29 bits per heavy atom. The molecule has 2 aromatic rings. The summed E-state index contributed by atoms with van der Waals surface area (Å²) in [6, 6.07) is 5.66. The normalized spacial score (nSPS) is 19.4. The second-order valence-corrected chi connectivity index (χ2v) is 5.70. The zero-order chi connectivity index (χ0) is 14.1. The van der Waals surface area contributed by atoms with E-state index < -0.39 is 0 Å². The lowest BCUT2D eigenvalue weighted by Crippen LogP contribution is -2.48. The van der Waals surface area contributed by atoms with Gasteiger partial charge in [0, 0.05) is 30.7 Å². The van der Waals surface area contributed by atoms with Gasteiger partial charge < -0.3 is 10.3 Å². The lowest BCUT2D eigenvalue weighted by molar-refractivity contribution is 0.195. The van der Waals surface area contributed by atoms with Crippen LogP contribution < -0.4 is 10.9 Å². The van der Waals surface area contributed by atoms with Gasteiger partial charge in [0.1, 0.15) is 5.82 Å². The smallest absolute Gasteiger partial charge is 0.258 e. The van der Waals surface area contributed by atoms with Crippen LogP contribution in [0.15, 0.2) is 23.0 Å². The van der Waals surface area contributed by atoms with Crippen molar-refractivity contribution in [3.05, 3.63) is 39.4 Å². The summed E-state index contributed by atoms with van der Waals surface area (Å²) < 4.78 is 0. The van der Waals surface area contributed by atoms with Gasteiger partial charge in [-0.15, -0.1) is 12.4 Å². The molecule has 1 atom stereocenters. The molecule has 1 saturated heterocycles. The maximum Gasteiger partial charge on any atom is 0.258 e. The lowest BCUT2D eigenvalue weighted by Gasteiger charge is -2.31. The van der Waals surface area contributed by atoms with E-state index >= 15 is 0 Å². The molecule has 0 spiro atoms. The van der Waals surface area contributed by atoms with Crippen LogP contribution in [0.4, 0.5) is 0 Å². The van der Waals surface area contributed by atoms with E-state index in [-0.39, 0.29) is 18.0 Å². The summed E-state index contributed by atoms with van der Waals surface area (Å²) in [4.78, 5) is 21.7. The van der Waals surface area contributed by atoms with Crippen LogP contribution in [0.5, 0.6) is 0 Å². The summed E-state index contributed by atoms with van der Waals surface area (Å²) in [6.07, 6.45) is 0. The number of fused-ring (bicyclic) bond motifs is 1. The van der Waals surface area contributed by atoms with Gasteiger partial charge in [0.2, 0.25) is 0 Å². The number of aromatic nitrogens is 2. The Morgan fingerprint density at radius 1 is 1.48 bits per heavy atom. The third-order valence-electron chi connectivity index (χ3n) is 3.54. The maximum absolute atomic E-state index is 12.1. The molecule has 2 heterocycles. The molecule has 0 bridgehead atoms. The number of nitrogens with zero attached hydrogens (tertiary/aromatic N) is 2. The fraction of sp³-hybridized carbons (Fsp3) is 0.429. The molecule has 5 nitrogen and oxygen atoms in total. The summed E-state index contributed by atoms with van der Waals surface area (Å²) in [6.45, 7) is 5.72. The van der Waals surface area contributed by atoms with Gasteiger partial charge in [-0.1, -0.05) is 11.6 Å². The molecule has 3 rings (SSSR count). The van der Waals surface area contributed by atoms with Gasteiger partial charge in [0.15, 0.2) is 0 Å². The van der Waals surface area contributed by atoms with Gasteiger partial charge in [-0.25, -0.2) is 4.98 Å². The van der Waals surface area contributed by atoms with Crippen molar-refractivity contribution >= 4 is 34.9 Å². The maximum atomic E-state index is 12.1. The molecule has 7 heteroatoms. The van der Waals surface area contributed by atoms with E-state index in [4.69, 9.17) is 11.6 Å². The number of hydrogen-bond donors (Lipinski definition) is 2. The lowest BCUT2D eigenvalue weighted by atomic mass is 10.2. The van der Waals surface area contributed by atoms with Crippen LogP contribution in [0, 0.1) is 0 Å². The summed E-state index contributed by atoms with van der Waals surface area (Å²) in [5.41, 5.74) is 0.562. The highest BCUT2D eigenvalue weighted by Crippen LogP contribution is 2.15. The number of aromatic amines is 1. The van der Waals surface area contributed by atoms with Gasteiger partial charge in [-0.05, 0) is 25.1 Å². The van der Waals surface area contributed by atoms with E-state index in [1.165, 1.54) is 0 Å². The summed E-state index contributed by atoms with van der Waals surface area (Å²) >= 11 is 5.91. The van der Waals surface area contributed by atoms with E-state index in [0.29, 0.717) is 34.3 Å². The fourth-order valence-electron chi connectivity index (χ4n) is 2.60. The molecule has 0 amide bonds. The van der Waals surface area contributed by atoms with Crippen LogP contribution in [0.25, 0.3) is 10.9 Å². The van der Waals surface area contributed by atoms with Crippen LogP contribution in [0.2, 0.25) is 5.02 Å². The molecule has 1 aromatic heterocycles.